The van der Waals surface area contributed by atoms with E-state index in [-0.39, 0.29) is 17.9 Å². The highest BCUT2D eigenvalue weighted by atomic mass is 16.2. The first-order chi connectivity index (χ1) is 14.6. The van der Waals surface area contributed by atoms with Crippen LogP contribution in [0.25, 0.3) is 0 Å². The van der Waals surface area contributed by atoms with Gasteiger partial charge in [-0.05, 0) is 43.0 Å². The summed E-state index contributed by atoms with van der Waals surface area (Å²) in [6.45, 7) is 3.12. The summed E-state index contributed by atoms with van der Waals surface area (Å²) >= 11 is 0. The van der Waals surface area contributed by atoms with Gasteiger partial charge >= 0.3 is 0 Å². The summed E-state index contributed by atoms with van der Waals surface area (Å²) in [5.74, 6) is 0.839. The van der Waals surface area contributed by atoms with Crippen LogP contribution in [0.3, 0.4) is 0 Å². The van der Waals surface area contributed by atoms with E-state index < -0.39 is 0 Å². The normalized spacial score (nSPS) is 14.3. The van der Waals surface area contributed by atoms with Crippen molar-refractivity contribution in [2.75, 3.05) is 4.90 Å². The molecule has 6 heteroatoms. The van der Waals surface area contributed by atoms with E-state index in [1.807, 2.05) is 60.1 Å². The Balaban J connectivity index is 1.33. The largest absolute Gasteiger partial charge is 0.350 e. The van der Waals surface area contributed by atoms with Crippen molar-refractivity contribution in [1.82, 2.24) is 15.1 Å². The Hall–Kier alpha value is -3.41. The minimum absolute atomic E-state index is 0.0748. The molecule has 0 unspecified atom stereocenters. The average molecular weight is 402 g/mol. The molecular formula is C24H26N4O2. The number of carbonyl (C=O) groups is 2. The summed E-state index contributed by atoms with van der Waals surface area (Å²) in [7, 11) is 0. The lowest BCUT2D eigenvalue weighted by Crippen LogP contribution is -2.37. The summed E-state index contributed by atoms with van der Waals surface area (Å²) in [5, 5.41) is 7.32. The molecule has 0 saturated heterocycles. The van der Waals surface area contributed by atoms with E-state index in [1.54, 1.807) is 11.1 Å². The molecule has 1 aliphatic heterocycles. The molecule has 0 aliphatic carbocycles. The maximum Gasteiger partial charge on any atom is 0.251 e. The molecular weight excluding hydrogens is 376 g/mol. The number of benzene rings is 2. The third-order valence-corrected chi connectivity index (χ3v) is 5.45. The minimum Gasteiger partial charge on any atom is -0.350 e. The van der Waals surface area contributed by atoms with Crippen molar-refractivity contribution < 1.29 is 9.59 Å². The van der Waals surface area contributed by atoms with E-state index in [0.29, 0.717) is 25.1 Å². The van der Waals surface area contributed by atoms with Crippen molar-refractivity contribution in [3.8, 4) is 0 Å². The van der Waals surface area contributed by atoms with Gasteiger partial charge in [0.2, 0.25) is 5.91 Å². The van der Waals surface area contributed by atoms with Crippen LogP contribution in [0, 0.1) is 0 Å². The fraction of sp³-hybridized carbons (Fsp3) is 0.292. The lowest BCUT2D eigenvalue weighted by Gasteiger charge is -2.27. The molecule has 2 aromatic carbocycles. The Morgan fingerprint density at radius 2 is 1.83 bits per heavy atom. The Morgan fingerprint density at radius 3 is 2.60 bits per heavy atom. The molecule has 1 N–H and O–H groups in total. The van der Waals surface area contributed by atoms with E-state index in [1.165, 1.54) is 5.56 Å². The summed E-state index contributed by atoms with van der Waals surface area (Å²) in [6.07, 6.45) is 3.99. The van der Waals surface area contributed by atoms with Crippen LogP contribution in [-0.4, -0.2) is 27.6 Å². The highest BCUT2D eigenvalue weighted by Crippen LogP contribution is 2.23. The van der Waals surface area contributed by atoms with Gasteiger partial charge in [-0.2, -0.15) is 5.10 Å². The van der Waals surface area contributed by atoms with Crippen molar-refractivity contribution in [3.63, 3.8) is 0 Å². The van der Waals surface area contributed by atoms with Gasteiger partial charge in [0.25, 0.3) is 5.91 Å². The molecule has 0 saturated carbocycles. The molecule has 30 heavy (non-hydrogen) atoms. The molecule has 0 radical (unpaired) electrons. The van der Waals surface area contributed by atoms with Crippen molar-refractivity contribution in [1.29, 1.82) is 0 Å². The van der Waals surface area contributed by atoms with Crippen molar-refractivity contribution in [2.45, 2.75) is 45.3 Å². The molecule has 2 heterocycles. The number of nitrogens with one attached hydrogen (secondary N) is 1. The fourth-order valence-electron chi connectivity index (χ4n) is 3.71. The molecule has 1 atom stereocenters. The predicted molar refractivity (Wildman–Crippen MR) is 116 cm³/mol. The van der Waals surface area contributed by atoms with Crippen LogP contribution in [0.4, 0.5) is 5.82 Å². The van der Waals surface area contributed by atoms with Crippen LogP contribution in [0.1, 0.15) is 41.3 Å². The number of nitrogens with zero attached hydrogens (tertiary/aromatic N) is 3. The number of rotatable bonds is 7. The summed E-state index contributed by atoms with van der Waals surface area (Å²) in [5.41, 5.74) is 2.88. The molecule has 1 aliphatic rings. The second kappa shape index (κ2) is 8.95. The Bertz CT molecular complexity index is 1010. The van der Waals surface area contributed by atoms with E-state index in [4.69, 9.17) is 0 Å². The van der Waals surface area contributed by atoms with Gasteiger partial charge in [-0.1, -0.05) is 42.5 Å². The zero-order chi connectivity index (χ0) is 20.9. The topological polar surface area (TPSA) is 67.2 Å². The molecule has 154 valence electrons. The molecule has 6 nitrogen and oxygen atoms in total. The van der Waals surface area contributed by atoms with Gasteiger partial charge in [-0.25, -0.2) is 4.68 Å². The van der Waals surface area contributed by atoms with E-state index >= 15 is 0 Å². The summed E-state index contributed by atoms with van der Waals surface area (Å²) in [4.78, 5) is 26.6. The number of fused-ring (bicyclic) bond motifs is 1. The summed E-state index contributed by atoms with van der Waals surface area (Å²) in [6, 6.07) is 19.7. The third kappa shape index (κ3) is 4.59. The van der Waals surface area contributed by atoms with Crippen LogP contribution in [0.5, 0.6) is 0 Å². The van der Waals surface area contributed by atoms with Crippen LogP contribution < -0.4 is 10.2 Å². The first kappa shape index (κ1) is 19.9. The van der Waals surface area contributed by atoms with Crippen LogP contribution in [0.2, 0.25) is 0 Å². The molecule has 0 fully saturated rings. The smallest absolute Gasteiger partial charge is 0.251 e. The number of aromatic nitrogens is 2. The Morgan fingerprint density at radius 1 is 1.07 bits per heavy atom. The van der Waals surface area contributed by atoms with Gasteiger partial charge in [0.05, 0.1) is 19.3 Å². The second-order valence-corrected chi connectivity index (χ2v) is 7.74. The Kier molecular flexibility index (Phi) is 5.93. The zero-order valence-electron chi connectivity index (χ0n) is 17.1. The monoisotopic (exact) mass is 402 g/mol. The van der Waals surface area contributed by atoms with Crippen LogP contribution in [0.15, 0.2) is 66.9 Å². The van der Waals surface area contributed by atoms with Gasteiger partial charge in [0.15, 0.2) is 0 Å². The van der Waals surface area contributed by atoms with Gasteiger partial charge in [0.1, 0.15) is 5.82 Å². The number of anilines is 1. The summed E-state index contributed by atoms with van der Waals surface area (Å²) < 4.78 is 1.85. The van der Waals surface area contributed by atoms with Crippen LogP contribution in [-0.2, 0) is 24.3 Å². The third-order valence-electron chi connectivity index (χ3n) is 5.45. The number of hydrogen-bond donors (Lipinski definition) is 1. The van der Waals surface area contributed by atoms with Gasteiger partial charge in [0, 0.05) is 24.1 Å². The van der Waals surface area contributed by atoms with Crippen molar-refractivity contribution >= 4 is 17.6 Å². The minimum atomic E-state index is -0.0748. The number of hydrogen-bond acceptors (Lipinski definition) is 3. The standard InChI is InChI=1S/C24H26N4O2/c1-18(7-8-19-5-3-2-4-6-19)26-24(30)21-11-9-20(10-12-21)17-27-22-13-15-25-28(22)16-14-23(27)29/h2-6,9-13,15,18H,7-8,14,16-17H2,1H3,(H,26,30)/t18-/m1/s1. The van der Waals surface area contributed by atoms with Crippen LogP contribution >= 0.6 is 0 Å². The van der Waals surface area contributed by atoms with E-state index in [2.05, 4.69) is 22.5 Å². The lowest BCUT2D eigenvalue weighted by atomic mass is 10.1. The highest BCUT2D eigenvalue weighted by Gasteiger charge is 2.24. The quantitative estimate of drug-likeness (QED) is 0.657. The fourth-order valence-corrected chi connectivity index (χ4v) is 3.71. The lowest BCUT2D eigenvalue weighted by molar-refractivity contribution is -0.119. The predicted octanol–water partition coefficient (Wildman–Crippen LogP) is 3.57. The van der Waals surface area contributed by atoms with Crippen molar-refractivity contribution in [3.05, 3.63) is 83.6 Å². The number of aryl methyl sites for hydroxylation is 2. The average Bonchev–Trinajstić information content (AvgIpc) is 3.24. The molecule has 1 aromatic heterocycles. The maximum atomic E-state index is 12.6. The maximum absolute atomic E-state index is 12.6. The molecule has 0 spiro atoms. The van der Waals surface area contributed by atoms with E-state index in [0.717, 1.165) is 24.2 Å². The highest BCUT2D eigenvalue weighted by molar-refractivity contribution is 5.95. The van der Waals surface area contributed by atoms with Gasteiger partial charge in [-0.3, -0.25) is 14.5 Å². The first-order valence-electron chi connectivity index (χ1n) is 10.4. The first-order valence-corrected chi connectivity index (χ1v) is 10.4. The second-order valence-electron chi connectivity index (χ2n) is 7.74. The SMILES string of the molecule is C[C@H](CCc1ccccc1)NC(=O)c1ccc(CN2C(=O)CCn3nccc32)cc1. The molecule has 4 rings (SSSR count). The molecule has 2 amide bonds. The number of amides is 2. The zero-order valence-corrected chi connectivity index (χ0v) is 17.1. The van der Waals surface area contributed by atoms with Gasteiger partial charge in [-0.15, -0.1) is 0 Å². The Labute approximate surface area is 176 Å². The molecule has 3 aromatic rings. The number of carbonyl (C=O) groups excluding carboxylic acids is 2. The van der Waals surface area contributed by atoms with E-state index in [9.17, 15) is 9.59 Å². The van der Waals surface area contributed by atoms with Gasteiger partial charge < -0.3 is 5.32 Å². The molecule has 0 bridgehead atoms. The van der Waals surface area contributed by atoms with Crippen molar-refractivity contribution in [2.24, 2.45) is 0 Å².